The fraction of sp³-hybridized carbons (Fsp3) is 0.154. The minimum atomic E-state index is -0.00639. The van der Waals surface area contributed by atoms with Crippen LogP contribution in [0.25, 0.3) is 0 Å². The maximum Gasteiger partial charge on any atom is 0.253 e. The van der Waals surface area contributed by atoms with Crippen LogP contribution in [0.1, 0.15) is 15.2 Å². The zero-order chi connectivity index (χ0) is 13.8. The van der Waals surface area contributed by atoms with Crippen molar-refractivity contribution >= 4 is 38.9 Å². The zero-order valence-electron chi connectivity index (χ0n) is 10.4. The number of nitrogens with one attached hydrogen (secondary N) is 1. The Morgan fingerprint density at radius 2 is 2.11 bits per heavy atom. The van der Waals surface area contributed by atoms with Gasteiger partial charge in [-0.05, 0) is 46.3 Å². The van der Waals surface area contributed by atoms with E-state index >= 15 is 0 Å². The molecule has 0 radical (unpaired) electrons. The van der Waals surface area contributed by atoms with Gasteiger partial charge >= 0.3 is 0 Å². The topological polar surface area (TPSA) is 58.4 Å². The SMILES string of the molecule is CN(Cc1cc(Br)cs1)C(=O)c1ccc(NN)cc1. The van der Waals surface area contributed by atoms with Gasteiger partial charge in [0.2, 0.25) is 0 Å². The maximum absolute atomic E-state index is 12.2. The van der Waals surface area contributed by atoms with Gasteiger partial charge in [-0.15, -0.1) is 11.3 Å². The van der Waals surface area contributed by atoms with Crippen molar-refractivity contribution in [2.24, 2.45) is 5.84 Å². The third-order valence-electron chi connectivity index (χ3n) is 2.66. The van der Waals surface area contributed by atoms with Gasteiger partial charge in [0, 0.05) is 33.0 Å². The van der Waals surface area contributed by atoms with Crippen molar-refractivity contribution in [2.75, 3.05) is 12.5 Å². The van der Waals surface area contributed by atoms with Crippen LogP contribution in [0.5, 0.6) is 0 Å². The summed E-state index contributed by atoms with van der Waals surface area (Å²) in [5.74, 6) is 5.29. The summed E-state index contributed by atoms with van der Waals surface area (Å²) in [4.78, 5) is 15.1. The maximum atomic E-state index is 12.2. The van der Waals surface area contributed by atoms with Crippen LogP contribution in [0.2, 0.25) is 0 Å². The Morgan fingerprint density at radius 3 is 2.63 bits per heavy atom. The highest BCUT2D eigenvalue weighted by molar-refractivity contribution is 9.10. The summed E-state index contributed by atoms with van der Waals surface area (Å²) < 4.78 is 1.05. The molecule has 4 nitrogen and oxygen atoms in total. The summed E-state index contributed by atoms with van der Waals surface area (Å²) in [6.07, 6.45) is 0. The number of anilines is 1. The number of hydrogen-bond donors (Lipinski definition) is 2. The minimum absolute atomic E-state index is 0.00639. The highest BCUT2D eigenvalue weighted by Crippen LogP contribution is 2.21. The van der Waals surface area contributed by atoms with Crippen LogP contribution < -0.4 is 11.3 Å². The van der Waals surface area contributed by atoms with Crippen molar-refractivity contribution in [2.45, 2.75) is 6.54 Å². The van der Waals surface area contributed by atoms with Crippen LogP contribution in [0.3, 0.4) is 0 Å². The van der Waals surface area contributed by atoms with E-state index in [2.05, 4.69) is 21.4 Å². The van der Waals surface area contributed by atoms with E-state index in [-0.39, 0.29) is 5.91 Å². The molecule has 0 spiro atoms. The largest absolute Gasteiger partial charge is 0.337 e. The van der Waals surface area contributed by atoms with Gasteiger partial charge in [-0.2, -0.15) is 0 Å². The molecule has 0 unspecified atom stereocenters. The molecule has 3 N–H and O–H groups in total. The van der Waals surface area contributed by atoms with Gasteiger partial charge in [-0.25, -0.2) is 0 Å². The zero-order valence-corrected chi connectivity index (χ0v) is 12.8. The number of halogens is 1. The number of nitrogens with two attached hydrogens (primary N) is 1. The summed E-state index contributed by atoms with van der Waals surface area (Å²) >= 11 is 5.04. The highest BCUT2D eigenvalue weighted by atomic mass is 79.9. The number of thiophene rings is 1. The standard InChI is InChI=1S/C13H14BrN3OS/c1-17(7-12-6-10(14)8-19-12)13(18)9-2-4-11(16-15)5-3-9/h2-6,8,16H,7,15H2,1H3. The molecule has 1 aromatic heterocycles. The van der Waals surface area contributed by atoms with Crippen molar-refractivity contribution in [1.29, 1.82) is 0 Å². The second-order valence-corrected chi connectivity index (χ2v) is 6.03. The number of carbonyl (C=O) groups is 1. The molecule has 19 heavy (non-hydrogen) atoms. The Labute approximate surface area is 124 Å². The number of benzene rings is 1. The van der Waals surface area contributed by atoms with Crippen molar-refractivity contribution in [3.8, 4) is 0 Å². The molecule has 0 bridgehead atoms. The van der Waals surface area contributed by atoms with E-state index in [0.29, 0.717) is 12.1 Å². The van der Waals surface area contributed by atoms with Crippen LogP contribution >= 0.6 is 27.3 Å². The van der Waals surface area contributed by atoms with Gasteiger partial charge in [-0.1, -0.05) is 0 Å². The average Bonchev–Trinajstić information content (AvgIpc) is 2.83. The van der Waals surface area contributed by atoms with Crippen LogP contribution in [-0.2, 0) is 6.54 Å². The van der Waals surface area contributed by atoms with Crippen LogP contribution in [0.15, 0.2) is 40.2 Å². The molecule has 0 saturated carbocycles. The smallest absolute Gasteiger partial charge is 0.253 e. The number of carbonyl (C=O) groups excluding carboxylic acids is 1. The third-order valence-corrected chi connectivity index (χ3v) is 4.34. The minimum Gasteiger partial charge on any atom is -0.337 e. The monoisotopic (exact) mass is 339 g/mol. The van der Waals surface area contributed by atoms with Gasteiger partial charge in [0.1, 0.15) is 0 Å². The Morgan fingerprint density at radius 1 is 1.42 bits per heavy atom. The van der Waals surface area contributed by atoms with Gasteiger partial charge in [0.25, 0.3) is 5.91 Å². The number of hydrazine groups is 1. The molecule has 2 rings (SSSR count). The fourth-order valence-electron chi connectivity index (χ4n) is 1.67. The van der Waals surface area contributed by atoms with E-state index in [9.17, 15) is 4.79 Å². The normalized spacial score (nSPS) is 10.3. The number of hydrogen-bond acceptors (Lipinski definition) is 4. The highest BCUT2D eigenvalue weighted by Gasteiger charge is 2.12. The Balaban J connectivity index is 2.05. The molecule has 0 aliphatic carbocycles. The number of amides is 1. The predicted molar refractivity (Wildman–Crippen MR) is 82.1 cm³/mol. The molecule has 0 saturated heterocycles. The first kappa shape index (κ1) is 14.0. The third kappa shape index (κ3) is 3.56. The molecule has 0 atom stereocenters. The lowest BCUT2D eigenvalue weighted by Crippen LogP contribution is -2.25. The van der Waals surface area contributed by atoms with Gasteiger partial charge in [-0.3, -0.25) is 10.6 Å². The van der Waals surface area contributed by atoms with Crippen molar-refractivity contribution in [1.82, 2.24) is 4.90 Å². The molecule has 1 amide bonds. The first-order valence-corrected chi connectivity index (χ1v) is 7.32. The summed E-state index contributed by atoms with van der Waals surface area (Å²) in [7, 11) is 1.80. The molecular weight excluding hydrogens is 326 g/mol. The van der Waals surface area contributed by atoms with E-state index in [1.165, 1.54) is 0 Å². The lowest BCUT2D eigenvalue weighted by molar-refractivity contribution is 0.0786. The summed E-state index contributed by atoms with van der Waals surface area (Å²) in [6, 6.07) is 9.11. The first-order chi connectivity index (χ1) is 9.10. The van der Waals surface area contributed by atoms with Crippen LogP contribution in [0, 0.1) is 0 Å². The predicted octanol–water partition coefficient (Wildman–Crippen LogP) is 3.07. The molecule has 1 aromatic carbocycles. The number of nitrogen functional groups attached to an aromatic ring is 1. The summed E-state index contributed by atoms with van der Waals surface area (Å²) in [6.45, 7) is 0.603. The van der Waals surface area contributed by atoms with Crippen molar-refractivity contribution in [3.05, 3.63) is 50.6 Å². The Kier molecular flexibility index (Phi) is 4.57. The van der Waals surface area contributed by atoms with Crippen molar-refractivity contribution < 1.29 is 4.79 Å². The lowest BCUT2D eigenvalue weighted by atomic mass is 10.2. The quantitative estimate of drug-likeness (QED) is 0.664. The second kappa shape index (κ2) is 6.18. The Hall–Kier alpha value is -1.37. The average molecular weight is 340 g/mol. The van der Waals surface area contributed by atoms with E-state index in [0.717, 1.165) is 15.0 Å². The van der Waals surface area contributed by atoms with E-state index in [1.807, 2.05) is 11.4 Å². The fourth-order valence-corrected chi connectivity index (χ4v) is 3.18. The molecule has 6 heteroatoms. The van der Waals surface area contributed by atoms with Crippen molar-refractivity contribution in [3.63, 3.8) is 0 Å². The second-order valence-electron chi connectivity index (χ2n) is 4.11. The van der Waals surface area contributed by atoms with Crippen LogP contribution in [-0.4, -0.2) is 17.9 Å². The first-order valence-electron chi connectivity index (χ1n) is 5.65. The van der Waals surface area contributed by atoms with Gasteiger partial charge in [0.15, 0.2) is 0 Å². The molecular formula is C13H14BrN3OS. The van der Waals surface area contributed by atoms with Crippen LogP contribution in [0.4, 0.5) is 5.69 Å². The Bertz CT molecular complexity index is 568. The molecule has 100 valence electrons. The summed E-state index contributed by atoms with van der Waals surface area (Å²) in [5, 5.41) is 2.01. The number of rotatable bonds is 4. The molecule has 1 heterocycles. The van der Waals surface area contributed by atoms with E-state index < -0.39 is 0 Å². The molecule has 2 aromatic rings. The van der Waals surface area contributed by atoms with E-state index in [4.69, 9.17) is 5.84 Å². The molecule has 0 aliphatic rings. The molecule has 0 fully saturated rings. The van der Waals surface area contributed by atoms with Gasteiger partial charge < -0.3 is 10.3 Å². The van der Waals surface area contributed by atoms with Gasteiger partial charge in [0.05, 0.1) is 6.54 Å². The molecule has 0 aliphatic heterocycles. The van der Waals surface area contributed by atoms with E-state index in [1.54, 1.807) is 47.5 Å². The lowest BCUT2D eigenvalue weighted by Gasteiger charge is -2.16. The summed E-state index contributed by atoms with van der Waals surface area (Å²) in [5.41, 5.74) is 3.97. The number of nitrogens with zero attached hydrogens (tertiary/aromatic N) is 1.